The van der Waals surface area contributed by atoms with Gasteiger partial charge in [-0.25, -0.2) is 0 Å². The average molecular weight is 359 g/mol. The topological polar surface area (TPSA) is 72.2 Å². The first kappa shape index (κ1) is 20.1. The van der Waals surface area contributed by atoms with E-state index in [1.54, 1.807) is 0 Å². The van der Waals surface area contributed by atoms with Crippen LogP contribution in [0.4, 0.5) is 5.69 Å². The van der Waals surface area contributed by atoms with Crippen LogP contribution >= 0.6 is 12.4 Å². The summed E-state index contributed by atoms with van der Waals surface area (Å²) in [6.07, 6.45) is 2.54. The van der Waals surface area contributed by atoms with Gasteiger partial charge in [-0.05, 0) is 57.7 Å². The van der Waals surface area contributed by atoms with Gasteiger partial charge in [-0.15, -0.1) is 12.4 Å². The molecular weight excluding hydrogens is 332 g/mol. The van der Waals surface area contributed by atoms with Crippen molar-refractivity contribution in [3.05, 3.63) is 29.8 Å². The summed E-state index contributed by atoms with van der Waals surface area (Å²) in [5.74, 6) is 0.561. The molecule has 0 bridgehead atoms. The third kappa shape index (κ3) is 5.90. The lowest BCUT2D eigenvalue weighted by Crippen LogP contribution is -2.24. The van der Waals surface area contributed by atoms with Crippen molar-refractivity contribution >= 4 is 34.8 Å². The van der Waals surface area contributed by atoms with Gasteiger partial charge in [0, 0.05) is 38.9 Å². The third-order valence-electron chi connectivity index (χ3n) is 4.02. The van der Waals surface area contributed by atoms with Crippen molar-refractivity contribution in [1.29, 1.82) is 0 Å². The number of amides is 1. The minimum Gasteiger partial charge on any atom is -0.328 e. The van der Waals surface area contributed by atoms with Gasteiger partial charge in [-0.2, -0.15) is 0 Å². The van der Waals surface area contributed by atoms with E-state index in [0.717, 1.165) is 30.5 Å². The summed E-state index contributed by atoms with van der Waals surface area (Å²) in [4.78, 5) is 12.2. The standard InChI is InChI=1S/C17H26N2O2S.ClH/c1-17(2,3)22(21)11-12-5-4-6-15(9-12)19-16(20)13-7-8-14(18)10-13;/h4-6,9,13-14H,7-8,10-11,18H2,1-3H3,(H,19,20);1H. The first-order valence-electron chi connectivity index (χ1n) is 7.79. The molecule has 1 amide bonds. The smallest absolute Gasteiger partial charge is 0.227 e. The van der Waals surface area contributed by atoms with Crippen molar-refractivity contribution in [1.82, 2.24) is 0 Å². The predicted molar refractivity (Wildman–Crippen MR) is 99.2 cm³/mol. The van der Waals surface area contributed by atoms with E-state index in [2.05, 4.69) is 5.32 Å². The largest absolute Gasteiger partial charge is 0.328 e. The number of rotatable bonds is 4. The van der Waals surface area contributed by atoms with Gasteiger partial charge in [0.15, 0.2) is 0 Å². The molecule has 0 saturated heterocycles. The second-order valence-electron chi connectivity index (χ2n) is 7.06. The Hall–Kier alpha value is -0.910. The van der Waals surface area contributed by atoms with E-state index < -0.39 is 10.8 Å². The fraction of sp³-hybridized carbons (Fsp3) is 0.588. The first-order valence-corrected chi connectivity index (χ1v) is 9.11. The van der Waals surface area contributed by atoms with Crippen LogP contribution in [0.2, 0.25) is 0 Å². The molecule has 23 heavy (non-hydrogen) atoms. The molecule has 1 saturated carbocycles. The van der Waals surface area contributed by atoms with E-state index in [4.69, 9.17) is 5.73 Å². The number of carbonyl (C=O) groups excluding carboxylic acids is 1. The molecular formula is C17H27ClN2O2S. The second-order valence-corrected chi connectivity index (χ2v) is 9.27. The van der Waals surface area contributed by atoms with Crippen molar-refractivity contribution < 1.29 is 9.00 Å². The minimum atomic E-state index is -0.945. The van der Waals surface area contributed by atoms with Crippen molar-refractivity contribution in [3.8, 4) is 0 Å². The molecule has 1 aromatic carbocycles. The fourth-order valence-corrected chi connectivity index (χ4v) is 3.52. The zero-order chi connectivity index (χ0) is 16.3. The Bertz CT molecular complexity index is 572. The lowest BCUT2D eigenvalue weighted by atomic mass is 10.1. The lowest BCUT2D eigenvalue weighted by Gasteiger charge is -2.18. The molecule has 0 spiro atoms. The van der Waals surface area contributed by atoms with Gasteiger partial charge in [0.05, 0.1) is 0 Å². The van der Waals surface area contributed by atoms with Gasteiger partial charge in [0.2, 0.25) is 5.91 Å². The average Bonchev–Trinajstić information content (AvgIpc) is 2.85. The Balaban J connectivity index is 0.00000264. The van der Waals surface area contributed by atoms with Gasteiger partial charge in [-0.3, -0.25) is 9.00 Å². The van der Waals surface area contributed by atoms with E-state index in [0.29, 0.717) is 5.75 Å². The molecule has 130 valence electrons. The van der Waals surface area contributed by atoms with Gasteiger partial charge >= 0.3 is 0 Å². The number of carbonyl (C=O) groups is 1. The van der Waals surface area contributed by atoms with Crippen molar-refractivity contribution in [2.45, 2.75) is 56.6 Å². The molecule has 3 unspecified atom stereocenters. The van der Waals surface area contributed by atoms with Crippen LogP contribution in [0.1, 0.15) is 45.6 Å². The predicted octanol–water partition coefficient (Wildman–Crippen LogP) is 3.22. The summed E-state index contributed by atoms with van der Waals surface area (Å²) in [6.45, 7) is 5.91. The Morgan fingerprint density at radius 1 is 1.35 bits per heavy atom. The van der Waals surface area contributed by atoms with Gasteiger partial charge in [0.1, 0.15) is 0 Å². The van der Waals surface area contributed by atoms with Crippen LogP contribution in [0, 0.1) is 5.92 Å². The van der Waals surface area contributed by atoms with Gasteiger partial charge in [0.25, 0.3) is 0 Å². The molecule has 6 heteroatoms. The van der Waals surface area contributed by atoms with Crippen LogP contribution in [-0.2, 0) is 21.3 Å². The molecule has 1 aliphatic carbocycles. The molecule has 0 heterocycles. The number of hydrogen-bond donors (Lipinski definition) is 2. The van der Waals surface area contributed by atoms with E-state index in [1.165, 1.54) is 0 Å². The number of hydrogen-bond acceptors (Lipinski definition) is 3. The monoisotopic (exact) mass is 358 g/mol. The van der Waals surface area contributed by atoms with Crippen LogP contribution in [-0.4, -0.2) is 20.9 Å². The maximum Gasteiger partial charge on any atom is 0.227 e. The highest BCUT2D eigenvalue weighted by molar-refractivity contribution is 7.85. The summed E-state index contributed by atoms with van der Waals surface area (Å²) >= 11 is 0. The Morgan fingerprint density at radius 3 is 2.61 bits per heavy atom. The molecule has 1 aliphatic rings. The van der Waals surface area contributed by atoms with E-state index in [9.17, 15) is 9.00 Å². The van der Waals surface area contributed by atoms with Crippen molar-refractivity contribution in [2.24, 2.45) is 11.7 Å². The molecule has 1 aromatic rings. The number of nitrogens with two attached hydrogens (primary N) is 1. The molecule has 1 fully saturated rings. The van der Waals surface area contributed by atoms with E-state index >= 15 is 0 Å². The molecule has 2 rings (SSSR count). The Morgan fingerprint density at radius 2 is 2.04 bits per heavy atom. The first-order chi connectivity index (χ1) is 10.3. The number of nitrogens with one attached hydrogen (secondary N) is 1. The zero-order valence-electron chi connectivity index (χ0n) is 14.0. The highest BCUT2D eigenvalue weighted by atomic mass is 35.5. The quantitative estimate of drug-likeness (QED) is 0.867. The minimum absolute atomic E-state index is 0. The van der Waals surface area contributed by atoms with Gasteiger partial charge < -0.3 is 11.1 Å². The third-order valence-corrected chi connectivity index (χ3v) is 5.98. The van der Waals surface area contributed by atoms with Crippen LogP contribution in [0.25, 0.3) is 0 Å². The highest BCUT2D eigenvalue weighted by Crippen LogP contribution is 2.26. The summed E-state index contributed by atoms with van der Waals surface area (Å²) in [6, 6.07) is 7.78. The normalized spacial score (nSPS) is 22.3. The zero-order valence-corrected chi connectivity index (χ0v) is 15.6. The lowest BCUT2D eigenvalue weighted by molar-refractivity contribution is -0.119. The highest BCUT2D eigenvalue weighted by Gasteiger charge is 2.27. The summed E-state index contributed by atoms with van der Waals surface area (Å²) in [5, 5.41) is 2.96. The number of halogens is 1. The van der Waals surface area contributed by atoms with E-state index in [-0.39, 0.29) is 35.0 Å². The van der Waals surface area contributed by atoms with Gasteiger partial charge in [-0.1, -0.05) is 12.1 Å². The Labute approximate surface area is 147 Å². The van der Waals surface area contributed by atoms with Crippen molar-refractivity contribution in [2.75, 3.05) is 5.32 Å². The summed E-state index contributed by atoms with van der Waals surface area (Å²) in [7, 11) is -0.945. The fourth-order valence-electron chi connectivity index (χ4n) is 2.61. The van der Waals surface area contributed by atoms with Crippen LogP contribution in [0.15, 0.2) is 24.3 Å². The van der Waals surface area contributed by atoms with Crippen LogP contribution in [0.5, 0.6) is 0 Å². The summed E-state index contributed by atoms with van der Waals surface area (Å²) in [5.41, 5.74) is 7.61. The molecule has 3 N–H and O–H groups in total. The number of anilines is 1. The molecule has 0 radical (unpaired) electrons. The Kier molecular flexibility index (Phi) is 7.24. The molecule has 0 aromatic heterocycles. The van der Waals surface area contributed by atoms with E-state index in [1.807, 2.05) is 45.0 Å². The molecule has 4 nitrogen and oxygen atoms in total. The molecule has 0 aliphatic heterocycles. The number of benzene rings is 1. The van der Waals surface area contributed by atoms with Crippen LogP contribution in [0.3, 0.4) is 0 Å². The summed E-state index contributed by atoms with van der Waals surface area (Å²) < 4.78 is 12.0. The maximum atomic E-state index is 12.2. The SMILES string of the molecule is CC(C)(C)S(=O)Cc1cccc(NC(=O)C2CCC(N)C2)c1.Cl. The van der Waals surface area contributed by atoms with Crippen molar-refractivity contribution in [3.63, 3.8) is 0 Å². The second kappa shape index (κ2) is 8.27. The maximum absolute atomic E-state index is 12.2. The molecule has 3 atom stereocenters. The van der Waals surface area contributed by atoms with Crippen LogP contribution < -0.4 is 11.1 Å².